The lowest BCUT2D eigenvalue weighted by Crippen LogP contribution is -2.49. The molecule has 0 aromatic heterocycles. The van der Waals surface area contributed by atoms with Crippen LogP contribution < -0.4 is 0 Å². The molecule has 5 aliphatic rings. The Labute approximate surface area is 133 Å². The van der Waals surface area contributed by atoms with Crippen molar-refractivity contribution in [2.75, 3.05) is 13.2 Å². The van der Waals surface area contributed by atoms with Gasteiger partial charge in [0.1, 0.15) is 6.61 Å². The molecule has 0 radical (unpaired) electrons. The monoisotopic (exact) mass is 302 g/mol. The summed E-state index contributed by atoms with van der Waals surface area (Å²) in [7, 11) is 0. The summed E-state index contributed by atoms with van der Waals surface area (Å²) in [6.45, 7) is 1.10. The van der Waals surface area contributed by atoms with E-state index < -0.39 is 0 Å². The maximum Gasteiger partial charge on any atom is 0.211 e. The molecule has 1 unspecified atom stereocenters. The summed E-state index contributed by atoms with van der Waals surface area (Å²) in [5.74, 6) is 8.45. The van der Waals surface area contributed by atoms with Crippen LogP contribution in [0.1, 0.15) is 57.8 Å². The second-order valence-corrected chi connectivity index (χ2v) is 7.94. The predicted octanol–water partition coefficient (Wildman–Crippen LogP) is 3.32. The lowest BCUT2D eigenvalue weighted by molar-refractivity contribution is -0.154. The van der Waals surface area contributed by atoms with Gasteiger partial charge in [0.25, 0.3) is 0 Å². The summed E-state index contributed by atoms with van der Waals surface area (Å²) in [5, 5.41) is 0. The van der Waals surface area contributed by atoms with Gasteiger partial charge in [-0.25, -0.2) is 0 Å². The van der Waals surface area contributed by atoms with Gasteiger partial charge in [0.2, 0.25) is 5.78 Å². The van der Waals surface area contributed by atoms with Crippen molar-refractivity contribution in [1.82, 2.24) is 0 Å². The number of carbonyl (C=O) groups excluding carboxylic acids is 1. The minimum atomic E-state index is -0.113. The number of rotatable bonds is 3. The number of ether oxygens (including phenoxy) is 2. The second kappa shape index (κ2) is 5.98. The van der Waals surface area contributed by atoms with Crippen molar-refractivity contribution in [2.24, 2.45) is 23.2 Å². The zero-order chi connectivity index (χ0) is 15.0. The lowest BCUT2D eigenvalue weighted by Gasteiger charge is -2.55. The number of Topliss-reactive ketones (excluding diaryl/α,β-unsaturated/α-hetero) is 1. The first-order chi connectivity index (χ1) is 10.7. The van der Waals surface area contributed by atoms with Gasteiger partial charge in [0.15, 0.2) is 6.29 Å². The van der Waals surface area contributed by atoms with Crippen molar-refractivity contribution in [3.8, 4) is 11.8 Å². The first kappa shape index (κ1) is 14.7. The van der Waals surface area contributed by atoms with Gasteiger partial charge >= 0.3 is 0 Å². The molecular weight excluding hydrogens is 276 g/mol. The molecule has 5 fully saturated rings. The van der Waals surface area contributed by atoms with E-state index >= 15 is 0 Å². The highest BCUT2D eigenvalue weighted by atomic mass is 16.7. The van der Waals surface area contributed by atoms with E-state index in [4.69, 9.17) is 9.47 Å². The van der Waals surface area contributed by atoms with Gasteiger partial charge in [0.05, 0.1) is 0 Å². The third kappa shape index (κ3) is 2.84. The smallest absolute Gasteiger partial charge is 0.211 e. The van der Waals surface area contributed by atoms with Crippen molar-refractivity contribution >= 4 is 5.78 Å². The van der Waals surface area contributed by atoms with Gasteiger partial charge in [-0.3, -0.25) is 4.79 Å². The average molecular weight is 302 g/mol. The third-order valence-electron chi connectivity index (χ3n) is 6.20. The topological polar surface area (TPSA) is 35.5 Å². The molecule has 1 saturated heterocycles. The standard InChI is InChI=1S/C19H26O3/c20-17(4-3-7-22-18-5-1-2-6-21-18)19-11-14-8-15(12-19)10-16(9-14)13-19/h14-16,18H,1-2,5-13H2. The van der Waals surface area contributed by atoms with Crippen LogP contribution in [-0.2, 0) is 14.3 Å². The van der Waals surface area contributed by atoms with Crippen molar-refractivity contribution in [3.05, 3.63) is 0 Å². The van der Waals surface area contributed by atoms with Gasteiger partial charge in [-0.2, -0.15) is 0 Å². The maximum absolute atomic E-state index is 12.7. The number of ketones is 1. The highest BCUT2D eigenvalue weighted by molar-refractivity contribution is 6.00. The van der Waals surface area contributed by atoms with E-state index in [1.165, 1.54) is 19.3 Å². The van der Waals surface area contributed by atoms with Crippen LogP contribution in [-0.4, -0.2) is 25.3 Å². The van der Waals surface area contributed by atoms with Crippen LogP contribution in [0.5, 0.6) is 0 Å². The van der Waals surface area contributed by atoms with E-state index in [-0.39, 0.29) is 17.5 Å². The van der Waals surface area contributed by atoms with E-state index in [9.17, 15) is 4.79 Å². The zero-order valence-electron chi connectivity index (χ0n) is 13.3. The summed E-state index contributed by atoms with van der Waals surface area (Å²) >= 11 is 0. The summed E-state index contributed by atoms with van der Waals surface area (Å²) < 4.78 is 11.1. The van der Waals surface area contributed by atoms with E-state index in [0.717, 1.165) is 62.9 Å². The Morgan fingerprint density at radius 1 is 1.09 bits per heavy atom. The molecule has 0 N–H and O–H groups in total. The molecule has 3 nitrogen and oxygen atoms in total. The summed E-state index contributed by atoms with van der Waals surface area (Å²) in [4.78, 5) is 12.7. The Kier molecular flexibility index (Phi) is 4.00. The van der Waals surface area contributed by atoms with Crippen LogP contribution in [0.4, 0.5) is 0 Å². The van der Waals surface area contributed by atoms with Crippen LogP contribution in [0, 0.1) is 35.0 Å². The molecular formula is C19H26O3. The van der Waals surface area contributed by atoms with E-state index in [1.54, 1.807) is 0 Å². The van der Waals surface area contributed by atoms with Gasteiger partial charge < -0.3 is 9.47 Å². The van der Waals surface area contributed by atoms with Crippen LogP contribution >= 0.6 is 0 Å². The Balaban J connectivity index is 1.33. The largest absolute Gasteiger partial charge is 0.353 e. The first-order valence-electron chi connectivity index (χ1n) is 9.00. The quantitative estimate of drug-likeness (QED) is 0.592. The van der Waals surface area contributed by atoms with Crippen LogP contribution in [0.25, 0.3) is 0 Å². The molecule has 4 aliphatic carbocycles. The summed E-state index contributed by atoms with van der Waals surface area (Å²) in [6, 6.07) is 0. The zero-order valence-corrected chi connectivity index (χ0v) is 13.3. The molecule has 1 aliphatic heterocycles. The van der Waals surface area contributed by atoms with E-state index in [1.807, 2.05) is 0 Å². The molecule has 0 aromatic carbocycles. The van der Waals surface area contributed by atoms with Crippen LogP contribution in [0.15, 0.2) is 0 Å². The number of hydrogen-bond acceptors (Lipinski definition) is 3. The van der Waals surface area contributed by atoms with Gasteiger partial charge in [-0.05, 0) is 81.5 Å². The average Bonchev–Trinajstić information content (AvgIpc) is 2.51. The fraction of sp³-hybridized carbons (Fsp3) is 0.842. The molecule has 4 saturated carbocycles. The fourth-order valence-corrected chi connectivity index (χ4v) is 5.61. The molecule has 0 amide bonds. The minimum absolute atomic E-state index is 0.0942. The number of hydrogen-bond donors (Lipinski definition) is 0. The molecule has 1 heterocycles. The third-order valence-corrected chi connectivity index (χ3v) is 6.20. The van der Waals surface area contributed by atoms with Gasteiger partial charge in [0, 0.05) is 12.0 Å². The minimum Gasteiger partial charge on any atom is -0.353 e. The van der Waals surface area contributed by atoms with Crippen molar-refractivity contribution < 1.29 is 14.3 Å². The Morgan fingerprint density at radius 2 is 1.77 bits per heavy atom. The lowest BCUT2D eigenvalue weighted by atomic mass is 9.48. The van der Waals surface area contributed by atoms with Gasteiger partial charge in [-0.15, -0.1) is 0 Å². The summed E-state index contributed by atoms with van der Waals surface area (Å²) in [6.07, 6.45) is 10.5. The molecule has 4 bridgehead atoms. The number of carbonyl (C=O) groups is 1. The fourth-order valence-electron chi connectivity index (χ4n) is 5.61. The summed E-state index contributed by atoms with van der Waals surface area (Å²) in [5.41, 5.74) is -0.0942. The Morgan fingerprint density at radius 3 is 2.36 bits per heavy atom. The molecule has 5 rings (SSSR count). The molecule has 0 aromatic rings. The van der Waals surface area contributed by atoms with Crippen molar-refractivity contribution in [3.63, 3.8) is 0 Å². The predicted molar refractivity (Wildman–Crippen MR) is 82.9 cm³/mol. The molecule has 1 atom stereocenters. The van der Waals surface area contributed by atoms with E-state index in [2.05, 4.69) is 11.8 Å². The molecule has 22 heavy (non-hydrogen) atoms. The van der Waals surface area contributed by atoms with Gasteiger partial charge in [-0.1, -0.05) is 5.92 Å². The second-order valence-electron chi connectivity index (χ2n) is 7.94. The highest BCUT2D eigenvalue weighted by Crippen LogP contribution is 2.60. The van der Waals surface area contributed by atoms with Crippen molar-refractivity contribution in [2.45, 2.75) is 64.1 Å². The van der Waals surface area contributed by atoms with Crippen molar-refractivity contribution in [1.29, 1.82) is 0 Å². The molecule has 0 spiro atoms. The normalized spacial score (nSPS) is 42.7. The van der Waals surface area contributed by atoms with Crippen LogP contribution in [0.2, 0.25) is 0 Å². The molecule has 120 valence electrons. The Hall–Kier alpha value is -0.850. The van der Waals surface area contributed by atoms with Crippen LogP contribution in [0.3, 0.4) is 0 Å². The maximum atomic E-state index is 12.7. The molecule has 3 heteroatoms. The first-order valence-corrected chi connectivity index (χ1v) is 9.00. The Bertz CT molecular complexity index is 457. The SMILES string of the molecule is O=C(C#CCOC1CCCCO1)C12CC3CC(CC(C3)C1)C2. The van der Waals surface area contributed by atoms with E-state index in [0.29, 0.717) is 6.61 Å². The highest BCUT2D eigenvalue weighted by Gasteiger charge is 2.54.